The van der Waals surface area contributed by atoms with Gasteiger partial charge in [0.15, 0.2) is 0 Å². The van der Waals surface area contributed by atoms with E-state index < -0.39 is 6.10 Å². The van der Waals surface area contributed by atoms with Gasteiger partial charge < -0.3 is 5.11 Å². The summed E-state index contributed by atoms with van der Waals surface area (Å²) in [6.45, 7) is 6.93. The molecule has 1 aromatic carbocycles. The van der Waals surface area contributed by atoms with Gasteiger partial charge in [0.25, 0.3) is 0 Å². The fraction of sp³-hybridized carbons (Fsp3) is 0.471. The summed E-state index contributed by atoms with van der Waals surface area (Å²) in [6, 6.07) is 10.4. The van der Waals surface area contributed by atoms with Crippen molar-refractivity contribution in [3.63, 3.8) is 0 Å². The molecule has 2 rings (SSSR count). The molecule has 0 spiro atoms. The number of hydrogen-bond donors (Lipinski definition) is 1. The van der Waals surface area contributed by atoms with Gasteiger partial charge in [-0.25, -0.2) is 0 Å². The second kappa shape index (κ2) is 7.66. The highest BCUT2D eigenvalue weighted by molar-refractivity contribution is 7.99. The van der Waals surface area contributed by atoms with Crippen LogP contribution >= 0.6 is 11.8 Å². The molecule has 0 aliphatic heterocycles. The number of hydrogen-bond acceptors (Lipinski definition) is 3. The van der Waals surface area contributed by atoms with Crippen molar-refractivity contribution in [2.75, 3.05) is 5.75 Å². The molecule has 0 bridgehead atoms. The van der Waals surface area contributed by atoms with Crippen molar-refractivity contribution < 1.29 is 5.11 Å². The van der Waals surface area contributed by atoms with E-state index in [4.69, 9.17) is 5.10 Å². The molecule has 0 aliphatic carbocycles. The van der Waals surface area contributed by atoms with Gasteiger partial charge in [-0.2, -0.15) is 5.10 Å². The van der Waals surface area contributed by atoms with Crippen LogP contribution in [0.3, 0.4) is 0 Å². The molecule has 1 heterocycles. The predicted octanol–water partition coefficient (Wildman–Crippen LogP) is 3.85. The Labute approximate surface area is 131 Å². The molecule has 3 nitrogen and oxygen atoms in total. The Morgan fingerprint density at radius 3 is 2.48 bits per heavy atom. The van der Waals surface area contributed by atoms with Gasteiger partial charge in [-0.1, -0.05) is 32.0 Å². The van der Waals surface area contributed by atoms with E-state index in [-0.39, 0.29) is 0 Å². The van der Waals surface area contributed by atoms with Crippen LogP contribution in [0.2, 0.25) is 0 Å². The maximum atomic E-state index is 10.0. The lowest BCUT2D eigenvalue weighted by molar-refractivity contribution is 0.197. The second-order valence-corrected chi connectivity index (χ2v) is 6.24. The molecular weight excluding hydrogens is 280 g/mol. The Bertz CT molecular complexity index is 564. The van der Waals surface area contributed by atoms with Gasteiger partial charge in [0, 0.05) is 21.9 Å². The van der Waals surface area contributed by atoms with Crippen LogP contribution in [0.5, 0.6) is 0 Å². The lowest BCUT2D eigenvalue weighted by Crippen LogP contribution is -2.08. The lowest BCUT2D eigenvalue weighted by atomic mass is 10.0. The van der Waals surface area contributed by atoms with E-state index >= 15 is 0 Å². The zero-order chi connectivity index (χ0) is 15.2. The van der Waals surface area contributed by atoms with Gasteiger partial charge in [0.1, 0.15) is 0 Å². The second-order valence-electron chi connectivity index (χ2n) is 5.07. The monoisotopic (exact) mass is 304 g/mol. The molecule has 0 fully saturated rings. The van der Waals surface area contributed by atoms with E-state index in [0.717, 1.165) is 36.4 Å². The summed E-state index contributed by atoms with van der Waals surface area (Å²) in [4.78, 5) is 1.29. The Hall–Kier alpha value is -1.26. The zero-order valence-corrected chi connectivity index (χ0v) is 13.9. The molecule has 1 atom stereocenters. The molecule has 21 heavy (non-hydrogen) atoms. The molecule has 1 unspecified atom stereocenters. The van der Waals surface area contributed by atoms with Crippen LogP contribution in [0.15, 0.2) is 35.2 Å². The predicted molar refractivity (Wildman–Crippen MR) is 88.8 cm³/mol. The first-order chi connectivity index (χ1) is 10.2. The molecule has 0 amide bonds. The number of benzene rings is 1. The van der Waals surface area contributed by atoms with Crippen molar-refractivity contribution in [2.45, 2.75) is 51.2 Å². The lowest BCUT2D eigenvalue weighted by Gasteiger charge is -2.09. The smallest absolute Gasteiger partial charge is 0.0798 e. The Kier molecular flexibility index (Phi) is 5.88. The van der Waals surface area contributed by atoms with Crippen LogP contribution in [0.4, 0.5) is 0 Å². The quantitative estimate of drug-likeness (QED) is 0.790. The van der Waals surface area contributed by atoms with Crippen LogP contribution in [-0.2, 0) is 19.4 Å². The van der Waals surface area contributed by atoms with E-state index in [1.54, 1.807) is 0 Å². The van der Waals surface area contributed by atoms with Crippen molar-refractivity contribution in [1.29, 1.82) is 0 Å². The van der Waals surface area contributed by atoms with Crippen molar-refractivity contribution in [3.8, 4) is 0 Å². The minimum Gasteiger partial charge on any atom is -0.389 e. The molecule has 0 saturated heterocycles. The first-order valence-corrected chi connectivity index (χ1v) is 8.60. The molecule has 0 saturated carbocycles. The maximum absolute atomic E-state index is 10.0. The number of aliphatic hydroxyl groups excluding tert-OH is 1. The summed E-state index contributed by atoms with van der Waals surface area (Å²) < 4.78 is 2.08. The molecule has 0 radical (unpaired) electrons. The maximum Gasteiger partial charge on any atom is 0.0798 e. The standard InChI is InChI=1S/C17H24N2OS/c1-4-15-17(13(3)20)16(5-2)19(18-15)11-12-21-14-9-7-6-8-10-14/h6-10,13,20H,4-5,11-12H2,1-3H3. The SMILES string of the molecule is CCc1nn(CCSc2ccccc2)c(CC)c1C(C)O. The molecule has 1 N–H and O–H groups in total. The average Bonchev–Trinajstić information content (AvgIpc) is 2.86. The molecule has 4 heteroatoms. The number of aryl methyl sites for hydroxylation is 2. The molecule has 114 valence electrons. The fourth-order valence-corrected chi connectivity index (χ4v) is 3.48. The number of aromatic nitrogens is 2. The first kappa shape index (κ1) is 16.1. The normalized spacial score (nSPS) is 12.6. The average molecular weight is 304 g/mol. The Morgan fingerprint density at radius 1 is 1.19 bits per heavy atom. The Morgan fingerprint density at radius 2 is 1.90 bits per heavy atom. The van der Waals surface area contributed by atoms with Gasteiger partial charge in [-0.3, -0.25) is 4.68 Å². The molecule has 0 aliphatic rings. The summed E-state index contributed by atoms with van der Waals surface area (Å²) in [7, 11) is 0. The summed E-state index contributed by atoms with van der Waals surface area (Å²) in [5.74, 6) is 0.987. The topological polar surface area (TPSA) is 38.0 Å². The van der Waals surface area contributed by atoms with Crippen LogP contribution < -0.4 is 0 Å². The van der Waals surface area contributed by atoms with E-state index in [1.165, 1.54) is 10.6 Å². The molecule has 1 aromatic heterocycles. The number of rotatable bonds is 7. The minimum atomic E-state index is -0.439. The van der Waals surface area contributed by atoms with Crippen LogP contribution in [-0.4, -0.2) is 20.6 Å². The highest BCUT2D eigenvalue weighted by Crippen LogP contribution is 2.24. The highest BCUT2D eigenvalue weighted by atomic mass is 32.2. The van der Waals surface area contributed by atoms with Crippen molar-refractivity contribution in [2.24, 2.45) is 0 Å². The summed E-state index contributed by atoms with van der Waals surface area (Å²) in [6.07, 6.45) is 1.33. The van der Waals surface area contributed by atoms with E-state index in [2.05, 4.69) is 42.8 Å². The highest BCUT2D eigenvalue weighted by Gasteiger charge is 2.18. The number of aliphatic hydroxyl groups is 1. The van der Waals surface area contributed by atoms with Gasteiger partial charge in [-0.05, 0) is 31.9 Å². The largest absolute Gasteiger partial charge is 0.389 e. The van der Waals surface area contributed by atoms with E-state index in [0.29, 0.717) is 0 Å². The van der Waals surface area contributed by atoms with Crippen molar-refractivity contribution in [3.05, 3.63) is 47.3 Å². The summed E-state index contributed by atoms with van der Waals surface area (Å²) >= 11 is 1.84. The summed E-state index contributed by atoms with van der Waals surface area (Å²) in [5, 5.41) is 14.7. The van der Waals surface area contributed by atoms with Crippen LogP contribution in [0.1, 0.15) is 43.8 Å². The van der Waals surface area contributed by atoms with Gasteiger partial charge in [-0.15, -0.1) is 11.8 Å². The van der Waals surface area contributed by atoms with Gasteiger partial charge >= 0.3 is 0 Å². The fourth-order valence-electron chi connectivity index (χ4n) is 2.63. The number of nitrogens with zero attached hydrogens (tertiary/aromatic N) is 2. The van der Waals surface area contributed by atoms with Crippen molar-refractivity contribution >= 4 is 11.8 Å². The van der Waals surface area contributed by atoms with Crippen LogP contribution in [0.25, 0.3) is 0 Å². The molecular formula is C17H24N2OS. The Balaban J connectivity index is 2.09. The third kappa shape index (κ3) is 3.89. The van der Waals surface area contributed by atoms with Gasteiger partial charge in [0.05, 0.1) is 18.3 Å². The minimum absolute atomic E-state index is 0.439. The number of thioether (sulfide) groups is 1. The van der Waals surface area contributed by atoms with E-state index in [1.807, 2.05) is 24.8 Å². The van der Waals surface area contributed by atoms with Crippen LogP contribution in [0, 0.1) is 0 Å². The van der Waals surface area contributed by atoms with Gasteiger partial charge in [0.2, 0.25) is 0 Å². The third-order valence-electron chi connectivity index (χ3n) is 3.58. The third-order valence-corrected chi connectivity index (χ3v) is 4.57. The van der Waals surface area contributed by atoms with Crippen molar-refractivity contribution in [1.82, 2.24) is 9.78 Å². The zero-order valence-electron chi connectivity index (χ0n) is 13.0. The molecule has 2 aromatic rings. The first-order valence-electron chi connectivity index (χ1n) is 7.61. The van der Waals surface area contributed by atoms with E-state index in [9.17, 15) is 5.11 Å². The summed E-state index contributed by atoms with van der Waals surface area (Å²) in [5.41, 5.74) is 3.24.